The first-order valence-corrected chi connectivity index (χ1v) is 6.61. The zero-order chi connectivity index (χ0) is 12.1. The zero-order valence-corrected chi connectivity index (χ0v) is 11.0. The number of hydrogen-bond acceptors (Lipinski definition) is 4. The van der Waals surface area contributed by atoms with Crippen LogP contribution in [-0.2, 0) is 6.54 Å². The molecule has 17 heavy (non-hydrogen) atoms. The van der Waals surface area contributed by atoms with Gasteiger partial charge in [-0.1, -0.05) is 0 Å². The van der Waals surface area contributed by atoms with E-state index in [1.54, 1.807) is 0 Å². The maximum absolute atomic E-state index is 5.51. The maximum Gasteiger partial charge on any atom is 0.191 e. The Morgan fingerprint density at radius 1 is 1.29 bits per heavy atom. The van der Waals surface area contributed by atoms with Crippen LogP contribution in [0, 0.1) is 13.8 Å². The van der Waals surface area contributed by atoms with Crippen molar-refractivity contribution < 1.29 is 4.42 Å². The molecule has 4 nitrogen and oxygen atoms in total. The van der Waals surface area contributed by atoms with Gasteiger partial charge in [0.1, 0.15) is 5.76 Å². The topological polar surface area (TPSA) is 41.3 Å². The van der Waals surface area contributed by atoms with Crippen molar-refractivity contribution >= 4 is 0 Å². The predicted molar refractivity (Wildman–Crippen MR) is 68.0 cm³/mol. The summed E-state index contributed by atoms with van der Waals surface area (Å²) in [6.07, 6.45) is 3.97. The quantitative estimate of drug-likeness (QED) is 0.767. The van der Waals surface area contributed by atoms with Crippen LogP contribution in [0.4, 0.5) is 0 Å². The molecule has 0 bridgehead atoms. The van der Waals surface area contributed by atoms with Crippen LogP contribution in [0.1, 0.15) is 36.6 Å². The van der Waals surface area contributed by atoms with Crippen molar-refractivity contribution in [2.75, 3.05) is 26.2 Å². The Hall–Kier alpha value is -0.870. The van der Waals surface area contributed by atoms with Crippen LogP contribution in [0.3, 0.4) is 0 Å². The third kappa shape index (κ3) is 3.82. The molecule has 0 radical (unpaired) electrons. The molecule has 0 aliphatic carbocycles. The van der Waals surface area contributed by atoms with E-state index in [-0.39, 0.29) is 0 Å². The lowest BCUT2D eigenvalue weighted by atomic mass is 10.3. The fourth-order valence-corrected chi connectivity index (χ4v) is 2.37. The Bertz CT molecular complexity index is 342. The number of oxazole rings is 1. The van der Waals surface area contributed by atoms with Crippen molar-refractivity contribution in [2.24, 2.45) is 0 Å². The van der Waals surface area contributed by atoms with Gasteiger partial charge in [-0.05, 0) is 52.4 Å². The van der Waals surface area contributed by atoms with E-state index in [0.29, 0.717) is 0 Å². The number of nitrogens with one attached hydrogen (secondary N) is 1. The van der Waals surface area contributed by atoms with Crippen molar-refractivity contribution in [3.05, 3.63) is 17.3 Å². The second-order valence-electron chi connectivity index (χ2n) is 4.82. The van der Waals surface area contributed by atoms with Gasteiger partial charge in [-0.3, -0.25) is 0 Å². The minimum absolute atomic E-state index is 0.761. The Balaban J connectivity index is 1.58. The van der Waals surface area contributed by atoms with Crippen LogP contribution in [0.25, 0.3) is 0 Å². The molecule has 0 atom stereocenters. The van der Waals surface area contributed by atoms with E-state index in [2.05, 4.69) is 15.2 Å². The number of aryl methyl sites for hydroxylation is 2. The standard InChI is InChI=1S/C13H23N3O/c1-11-13(17-12(2)15-11)10-14-6-5-9-16-7-3-4-8-16/h14H,3-10H2,1-2H3. The minimum Gasteiger partial charge on any atom is -0.444 e. The summed E-state index contributed by atoms with van der Waals surface area (Å²) >= 11 is 0. The van der Waals surface area contributed by atoms with E-state index >= 15 is 0 Å². The van der Waals surface area contributed by atoms with E-state index in [9.17, 15) is 0 Å². The summed E-state index contributed by atoms with van der Waals surface area (Å²) in [5.74, 6) is 1.74. The van der Waals surface area contributed by atoms with E-state index < -0.39 is 0 Å². The molecular weight excluding hydrogens is 214 g/mol. The third-order valence-corrected chi connectivity index (χ3v) is 3.31. The summed E-state index contributed by atoms with van der Waals surface area (Å²) in [5, 5.41) is 3.42. The lowest BCUT2D eigenvalue weighted by Crippen LogP contribution is -2.24. The lowest BCUT2D eigenvalue weighted by molar-refractivity contribution is 0.329. The highest BCUT2D eigenvalue weighted by Crippen LogP contribution is 2.09. The van der Waals surface area contributed by atoms with Crippen LogP contribution in [0.5, 0.6) is 0 Å². The Kier molecular flexibility index (Phi) is 4.57. The first-order valence-electron chi connectivity index (χ1n) is 6.61. The van der Waals surface area contributed by atoms with Gasteiger partial charge in [0.05, 0.1) is 12.2 Å². The van der Waals surface area contributed by atoms with Crippen LogP contribution in [-0.4, -0.2) is 36.1 Å². The van der Waals surface area contributed by atoms with Gasteiger partial charge in [-0.15, -0.1) is 0 Å². The summed E-state index contributed by atoms with van der Waals surface area (Å²) in [7, 11) is 0. The molecule has 1 aliphatic rings. The second-order valence-corrected chi connectivity index (χ2v) is 4.82. The average molecular weight is 237 g/mol. The summed E-state index contributed by atoms with van der Waals surface area (Å²) in [6, 6.07) is 0. The van der Waals surface area contributed by atoms with Gasteiger partial charge < -0.3 is 14.6 Å². The highest BCUT2D eigenvalue weighted by molar-refractivity contribution is 5.06. The lowest BCUT2D eigenvalue weighted by Gasteiger charge is -2.13. The monoisotopic (exact) mass is 237 g/mol. The largest absolute Gasteiger partial charge is 0.444 e. The molecule has 1 aromatic heterocycles. The molecule has 0 unspecified atom stereocenters. The summed E-state index contributed by atoms with van der Waals surface area (Å²) < 4.78 is 5.51. The summed E-state index contributed by atoms with van der Waals surface area (Å²) in [5.41, 5.74) is 1.01. The normalized spacial score (nSPS) is 16.8. The van der Waals surface area contributed by atoms with Gasteiger partial charge in [0.15, 0.2) is 5.89 Å². The molecule has 0 saturated carbocycles. The molecule has 0 aromatic carbocycles. The van der Waals surface area contributed by atoms with Crippen molar-refractivity contribution in [2.45, 2.75) is 39.7 Å². The first kappa shape index (κ1) is 12.6. The van der Waals surface area contributed by atoms with Crippen molar-refractivity contribution in [1.82, 2.24) is 15.2 Å². The SMILES string of the molecule is Cc1nc(C)c(CNCCCN2CCCC2)o1. The molecule has 1 N–H and O–H groups in total. The number of likely N-dealkylation sites (tertiary alicyclic amines) is 1. The molecule has 0 amide bonds. The smallest absolute Gasteiger partial charge is 0.191 e. The van der Waals surface area contributed by atoms with Crippen molar-refractivity contribution in [3.63, 3.8) is 0 Å². The fourth-order valence-electron chi connectivity index (χ4n) is 2.37. The summed E-state index contributed by atoms with van der Waals surface area (Å²) in [6.45, 7) is 9.55. The highest BCUT2D eigenvalue weighted by Gasteiger charge is 2.10. The molecule has 4 heteroatoms. The highest BCUT2D eigenvalue weighted by atomic mass is 16.4. The fraction of sp³-hybridized carbons (Fsp3) is 0.769. The van der Waals surface area contributed by atoms with Crippen LogP contribution in [0.2, 0.25) is 0 Å². The van der Waals surface area contributed by atoms with Gasteiger partial charge >= 0.3 is 0 Å². The van der Waals surface area contributed by atoms with Crippen LogP contribution in [0.15, 0.2) is 4.42 Å². The van der Waals surface area contributed by atoms with Crippen molar-refractivity contribution in [3.8, 4) is 0 Å². The van der Waals surface area contributed by atoms with Gasteiger partial charge in [0.2, 0.25) is 0 Å². The van der Waals surface area contributed by atoms with E-state index in [1.807, 2.05) is 13.8 Å². The molecule has 2 rings (SSSR count). The van der Waals surface area contributed by atoms with Gasteiger partial charge in [-0.25, -0.2) is 4.98 Å². The molecular formula is C13H23N3O. The Morgan fingerprint density at radius 2 is 2.06 bits per heavy atom. The molecule has 1 saturated heterocycles. The predicted octanol–water partition coefficient (Wildman–Crippen LogP) is 1.87. The van der Waals surface area contributed by atoms with E-state index in [4.69, 9.17) is 4.42 Å². The molecule has 96 valence electrons. The number of hydrogen-bond donors (Lipinski definition) is 1. The van der Waals surface area contributed by atoms with E-state index in [0.717, 1.165) is 30.4 Å². The minimum atomic E-state index is 0.761. The number of rotatable bonds is 6. The zero-order valence-electron chi connectivity index (χ0n) is 11.0. The first-order chi connectivity index (χ1) is 8.25. The maximum atomic E-state index is 5.51. The van der Waals surface area contributed by atoms with Gasteiger partial charge in [0, 0.05) is 6.92 Å². The molecule has 1 aliphatic heterocycles. The average Bonchev–Trinajstić information content (AvgIpc) is 2.89. The number of aromatic nitrogens is 1. The van der Waals surface area contributed by atoms with Gasteiger partial charge in [-0.2, -0.15) is 0 Å². The number of nitrogens with zero attached hydrogens (tertiary/aromatic N) is 2. The molecule has 2 heterocycles. The molecule has 1 fully saturated rings. The van der Waals surface area contributed by atoms with E-state index in [1.165, 1.54) is 38.9 Å². The van der Waals surface area contributed by atoms with Gasteiger partial charge in [0.25, 0.3) is 0 Å². The summed E-state index contributed by atoms with van der Waals surface area (Å²) in [4.78, 5) is 6.81. The van der Waals surface area contributed by atoms with Crippen LogP contribution < -0.4 is 5.32 Å². The van der Waals surface area contributed by atoms with Crippen molar-refractivity contribution in [1.29, 1.82) is 0 Å². The second kappa shape index (κ2) is 6.17. The molecule has 1 aromatic rings. The third-order valence-electron chi connectivity index (χ3n) is 3.31. The van der Waals surface area contributed by atoms with Crippen LogP contribution >= 0.6 is 0 Å². The Labute approximate surface area is 103 Å². The Morgan fingerprint density at radius 3 is 2.71 bits per heavy atom. The molecule has 0 spiro atoms.